The number of methoxy groups -OCH3 is 2. The number of amides is 1. The number of hydrogen-bond acceptors (Lipinski definition) is 5. The first-order chi connectivity index (χ1) is 16.0. The van der Waals surface area contributed by atoms with Crippen molar-refractivity contribution in [2.24, 2.45) is 4.99 Å². The third kappa shape index (κ3) is 5.43. The van der Waals surface area contributed by atoms with Crippen LogP contribution in [0.3, 0.4) is 0 Å². The van der Waals surface area contributed by atoms with E-state index >= 15 is 0 Å². The molecule has 1 aliphatic heterocycles. The fourth-order valence-corrected chi connectivity index (χ4v) is 5.32. The summed E-state index contributed by atoms with van der Waals surface area (Å²) in [5.41, 5.74) is 2.54. The smallest absolute Gasteiger partial charge is 0.267 e. The Bertz CT molecular complexity index is 1210. The number of hydrogen-bond donors (Lipinski definition) is 0. The van der Waals surface area contributed by atoms with Crippen LogP contribution in [0.25, 0.3) is 6.08 Å². The highest BCUT2D eigenvalue weighted by molar-refractivity contribution is 9.10. The van der Waals surface area contributed by atoms with Gasteiger partial charge in [-0.1, -0.05) is 41.9 Å². The normalized spacial score (nSPS) is 16.0. The van der Waals surface area contributed by atoms with E-state index in [2.05, 4.69) is 15.9 Å². The molecule has 3 aromatic carbocycles. The number of nitrogens with zero attached hydrogens (tertiary/aromatic N) is 2. The van der Waals surface area contributed by atoms with Crippen LogP contribution in [0.1, 0.15) is 11.1 Å². The molecule has 5 nitrogen and oxygen atoms in total. The Hall–Kier alpha value is -2.74. The highest BCUT2D eigenvalue weighted by atomic mass is 79.9. The average molecular weight is 544 g/mol. The standard InChI is InChI=1S/C25H20BrClN2O3S/c1-31-19-10-8-16(9-11-19)15-29-24(30)22(33-25(29)28-18-6-4-3-5-7-18)14-17-12-20(26)23(32-2)21(27)13-17/h3-14H,15H2,1-2H3/b22-14+,28-25?. The molecule has 1 saturated heterocycles. The molecule has 33 heavy (non-hydrogen) atoms. The Balaban J connectivity index is 1.69. The third-order valence-electron chi connectivity index (χ3n) is 4.89. The molecule has 1 amide bonds. The van der Waals surface area contributed by atoms with Gasteiger partial charge in [-0.2, -0.15) is 0 Å². The number of ether oxygens (including phenoxy) is 2. The SMILES string of the molecule is COc1ccc(CN2C(=O)/C(=C\c3cc(Cl)c(OC)c(Br)c3)SC2=Nc2ccccc2)cc1. The molecule has 3 aromatic rings. The van der Waals surface area contributed by atoms with Gasteiger partial charge in [-0.15, -0.1) is 0 Å². The quantitative estimate of drug-likeness (QED) is 0.317. The predicted octanol–water partition coefficient (Wildman–Crippen LogP) is 6.92. The van der Waals surface area contributed by atoms with Crippen molar-refractivity contribution in [3.8, 4) is 11.5 Å². The molecule has 1 aliphatic rings. The zero-order chi connectivity index (χ0) is 23.4. The lowest BCUT2D eigenvalue weighted by Gasteiger charge is -2.16. The summed E-state index contributed by atoms with van der Waals surface area (Å²) in [4.78, 5) is 20.4. The number of carbonyl (C=O) groups is 1. The van der Waals surface area contributed by atoms with Gasteiger partial charge < -0.3 is 9.47 Å². The van der Waals surface area contributed by atoms with Crippen LogP contribution in [0.2, 0.25) is 5.02 Å². The van der Waals surface area contributed by atoms with Gasteiger partial charge in [0, 0.05) is 0 Å². The van der Waals surface area contributed by atoms with Crippen molar-refractivity contribution in [2.45, 2.75) is 6.54 Å². The Morgan fingerprint density at radius 2 is 1.79 bits per heavy atom. The van der Waals surface area contributed by atoms with Crippen LogP contribution in [0.4, 0.5) is 5.69 Å². The number of halogens is 2. The van der Waals surface area contributed by atoms with Gasteiger partial charge >= 0.3 is 0 Å². The number of amidine groups is 1. The van der Waals surface area contributed by atoms with E-state index in [1.807, 2.05) is 66.7 Å². The van der Waals surface area contributed by atoms with Crippen molar-refractivity contribution in [3.63, 3.8) is 0 Å². The maximum absolute atomic E-state index is 13.4. The fourth-order valence-electron chi connectivity index (χ4n) is 3.27. The van der Waals surface area contributed by atoms with E-state index < -0.39 is 0 Å². The van der Waals surface area contributed by atoms with Gasteiger partial charge in [-0.25, -0.2) is 4.99 Å². The molecule has 168 valence electrons. The molecule has 0 aliphatic carbocycles. The monoisotopic (exact) mass is 542 g/mol. The van der Waals surface area contributed by atoms with E-state index in [1.54, 1.807) is 25.2 Å². The predicted molar refractivity (Wildman–Crippen MR) is 138 cm³/mol. The van der Waals surface area contributed by atoms with Crippen molar-refractivity contribution in [3.05, 3.63) is 92.3 Å². The zero-order valence-electron chi connectivity index (χ0n) is 17.9. The highest BCUT2D eigenvalue weighted by Gasteiger charge is 2.33. The molecule has 1 fully saturated rings. The first kappa shape index (κ1) is 23.4. The minimum atomic E-state index is -0.117. The van der Waals surface area contributed by atoms with Gasteiger partial charge in [0.1, 0.15) is 5.75 Å². The molecule has 0 spiro atoms. The zero-order valence-corrected chi connectivity index (χ0v) is 21.1. The molecule has 0 atom stereocenters. The first-order valence-corrected chi connectivity index (χ1v) is 12.0. The summed E-state index contributed by atoms with van der Waals surface area (Å²) >= 11 is 11.1. The number of carbonyl (C=O) groups excluding carboxylic acids is 1. The molecule has 1 heterocycles. The summed E-state index contributed by atoms with van der Waals surface area (Å²) < 4.78 is 11.3. The minimum absolute atomic E-state index is 0.117. The van der Waals surface area contributed by atoms with Crippen molar-refractivity contribution < 1.29 is 14.3 Å². The summed E-state index contributed by atoms with van der Waals surface area (Å²) in [6.45, 7) is 0.395. The number of rotatable bonds is 6. The highest BCUT2D eigenvalue weighted by Crippen LogP contribution is 2.38. The molecular formula is C25H20BrClN2O3S. The van der Waals surface area contributed by atoms with E-state index in [1.165, 1.54) is 11.8 Å². The van der Waals surface area contributed by atoms with E-state index in [0.717, 1.165) is 22.6 Å². The second kappa shape index (κ2) is 10.5. The molecule has 0 saturated carbocycles. The summed E-state index contributed by atoms with van der Waals surface area (Å²) in [6.07, 6.45) is 1.82. The van der Waals surface area contributed by atoms with Crippen molar-refractivity contribution in [1.29, 1.82) is 0 Å². The molecule has 0 bridgehead atoms. The van der Waals surface area contributed by atoms with Crippen LogP contribution in [0.15, 0.2) is 81.1 Å². The Morgan fingerprint density at radius 1 is 1.06 bits per heavy atom. The molecule has 4 rings (SSSR count). The molecule has 0 aromatic heterocycles. The Kier molecular flexibility index (Phi) is 7.42. The van der Waals surface area contributed by atoms with Crippen LogP contribution in [0.5, 0.6) is 11.5 Å². The van der Waals surface area contributed by atoms with E-state index in [-0.39, 0.29) is 5.91 Å². The van der Waals surface area contributed by atoms with Crippen LogP contribution < -0.4 is 9.47 Å². The van der Waals surface area contributed by atoms with E-state index in [4.69, 9.17) is 26.1 Å². The number of para-hydroxylation sites is 1. The van der Waals surface area contributed by atoms with Crippen LogP contribution in [-0.2, 0) is 11.3 Å². The van der Waals surface area contributed by atoms with Crippen LogP contribution >= 0.6 is 39.3 Å². The summed E-state index contributed by atoms with van der Waals surface area (Å²) in [5.74, 6) is 1.20. The molecule has 0 N–H and O–H groups in total. The lowest BCUT2D eigenvalue weighted by Crippen LogP contribution is -2.28. The van der Waals surface area contributed by atoms with Gasteiger partial charge in [0.15, 0.2) is 10.9 Å². The van der Waals surface area contributed by atoms with Crippen molar-refractivity contribution >= 4 is 62.1 Å². The summed E-state index contributed by atoms with van der Waals surface area (Å²) in [7, 11) is 3.19. The van der Waals surface area contributed by atoms with Gasteiger partial charge in [0.05, 0.1) is 40.9 Å². The minimum Gasteiger partial charge on any atom is -0.497 e. The van der Waals surface area contributed by atoms with Gasteiger partial charge in [-0.3, -0.25) is 9.69 Å². The third-order valence-corrected chi connectivity index (χ3v) is 6.77. The Labute approximate surface area is 210 Å². The summed E-state index contributed by atoms with van der Waals surface area (Å²) in [5, 5.41) is 1.08. The van der Waals surface area contributed by atoms with Crippen LogP contribution in [-0.4, -0.2) is 30.2 Å². The van der Waals surface area contributed by atoms with E-state index in [0.29, 0.717) is 31.9 Å². The summed E-state index contributed by atoms with van der Waals surface area (Å²) in [6, 6.07) is 20.9. The molecule has 0 radical (unpaired) electrons. The molecular weight excluding hydrogens is 524 g/mol. The maximum atomic E-state index is 13.4. The maximum Gasteiger partial charge on any atom is 0.267 e. The molecule has 0 unspecified atom stereocenters. The number of thioether (sulfide) groups is 1. The second-order valence-corrected chi connectivity index (χ2v) is 9.37. The van der Waals surface area contributed by atoms with Gasteiger partial charge in [0.2, 0.25) is 0 Å². The second-order valence-electron chi connectivity index (χ2n) is 7.10. The van der Waals surface area contributed by atoms with Crippen molar-refractivity contribution in [2.75, 3.05) is 14.2 Å². The van der Waals surface area contributed by atoms with E-state index in [9.17, 15) is 4.79 Å². The van der Waals surface area contributed by atoms with Gasteiger partial charge in [-0.05, 0) is 81.3 Å². The largest absolute Gasteiger partial charge is 0.497 e. The Morgan fingerprint density at radius 3 is 2.42 bits per heavy atom. The molecule has 8 heteroatoms. The topological polar surface area (TPSA) is 51.1 Å². The fraction of sp³-hybridized carbons (Fsp3) is 0.120. The van der Waals surface area contributed by atoms with Crippen LogP contribution in [0, 0.1) is 0 Å². The lowest BCUT2D eigenvalue weighted by molar-refractivity contribution is -0.122. The first-order valence-electron chi connectivity index (χ1n) is 9.99. The number of benzene rings is 3. The number of aliphatic imine (C=N–C) groups is 1. The average Bonchev–Trinajstić information content (AvgIpc) is 3.09. The van der Waals surface area contributed by atoms with Crippen molar-refractivity contribution in [1.82, 2.24) is 4.90 Å². The van der Waals surface area contributed by atoms with Gasteiger partial charge in [0.25, 0.3) is 5.91 Å². The lowest BCUT2D eigenvalue weighted by atomic mass is 10.2.